The zero-order chi connectivity index (χ0) is 10.7. The predicted molar refractivity (Wildman–Crippen MR) is 64.4 cm³/mol. The number of hydrogen-bond acceptors (Lipinski definition) is 3. The van der Waals surface area contributed by atoms with E-state index < -0.39 is 0 Å². The Morgan fingerprint density at radius 3 is 2.73 bits per heavy atom. The lowest BCUT2D eigenvalue weighted by Crippen LogP contribution is -2.32. The zero-order valence-electron chi connectivity index (χ0n) is 8.95. The Morgan fingerprint density at radius 2 is 2.20 bits per heavy atom. The SMILES string of the molecule is CSC1(Cn2cnnc2Cl)CCCCC1. The quantitative estimate of drug-likeness (QED) is 0.820. The molecule has 3 nitrogen and oxygen atoms in total. The molecule has 0 aliphatic heterocycles. The van der Waals surface area contributed by atoms with Crippen molar-refractivity contribution in [3.8, 4) is 0 Å². The van der Waals surface area contributed by atoms with Crippen molar-refractivity contribution < 1.29 is 0 Å². The fraction of sp³-hybridized carbons (Fsp3) is 0.800. The van der Waals surface area contributed by atoms with Crippen molar-refractivity contribution >= 4 is 23.4 Å². The van der Waals surface area contributed by atoms with Crippen LogP contribution < -0.4 is 0 Å². The molecule has 0 unspecified atom stereocenters. The van der Waals surface area contributed by atoms with Gasteiger partial charge in [0.1, 0.15) is 6.33 Å². The van der Waals surface area contributed by atoms with E-state index in [1.807, 2.05) is 16.3 Å². The van der Waals surface area contributed by atoms with Crippen molar-refractivity contribution in [2.24, 2.45) is 0 Å². The minimum absolute atomic E-state index is 0.351. The van der Waals surface area contributed by atoms with Gasteiger partial charge in [-0.1, -0.05) is 19.3 Å². The molecule has 0 radical (unpaired) electrons. The van der Waals surface area contributed by atoms with E-state index in [0.29, 0.717) is 10.0 Å². The Balaban J connectivity index is 2.10. The number of hydrogen-bond donors (Lipinski definition) is 0. The number of nitrogens with zero attached hydrogens (tertiary/aromatic N) is 3. The van der Waals surface area contributed by atoms with Gasteiger partial charge in [0.15, 0.2) is 0 Å². The number of thioether (sulfide) groups is 1. The first kappa shape index (κ1) is 11.3. The Morgan fingerprint density at radius 1 is 1.47 bits per heavy atom. The molecule has 0 aromatic carbocycles. The van der Waals surface area contributed by atoms with Crippen molar-refractivity contribution in [1.82, 2.24) is 14.8 Å². The van der Waals surface area contributed by atoms with E-state index in [1.165, 1.54) is 32.1 Å². The summed E-state index contributed by atoms with van der Waals surface area (Å²) in [5, 5.41) is 8.15. The molecule has 84 valence electrons. The first-order chi connectivity index (χ1) is 7.26. The third-order valence-electron chi connectivity index (χ3n) is 3.22. The molecule has 1 aliphatic rings. The average Bonchev–Trinajstić information content (AvgIpc) is 2.66. The number of halogens is 1. The molecule has 15 heavy (non-hydrogen) atoms. The van der Waals surface area contributed by atoms with E-state index in [0.717, 1.165) is 6.54 Å². The number of rotatable bonds is 3. The van der Waals surface area contributed by atoms with E-state index in [2.05, 4.69) is 16.5 Å². The highest BCUT2D eigenvalue weighted by molar-refractivity contribution is 8.00. The van der Waals surface area contributed by atoms with Crippen molar-refractivity contribution in [1.29, 1.82) is 0 Å². The van der Waals surface area contributed by atoms with E-state index in [1.54, 1.807) is 6.33 Å². The van der Waals surface area contributed by atoms with Crippen molar-refractivity contribution in [3.63, 3.8) is 0 Å². The summed E-state index contributed by atoms with van der Waals surface area (Å²) in [6.07, 6.45) is 10.5. The molecule has 1 aromatic rings. The molecule has 0 N–H and O–H groups in total. The van der Waals surface area contributed by atoms with Gasteiger partial charge in [-0.25, -0.2) is 0 Å². The Hall–Kier alpha value is -0.220. The van der Waals surface area contributed by atoms with E-state index >= 15 is 0 Å². The van der Waals surface area contributed by atoms with Crippen LogP contribution >= 0.6 is 23.4 Å². The van der Waals surface area contributed by atoms with E-state index in [4.69, 9.17) is 11.6 Å². The van der Waals surface area contributed by atoms with Gasteiger partial charge in [-0.15, -0.1) is 10.2 Å². The smallest absolute Gasteiger partial charge is 0.224 e. The van der Waals surface area contributed by atoms with Crippen molar-refractivity contribution in [3.05, 3.63) is 11.6 Å². The van der Waals surface area contributed by atoms with Gasteiger partial charge < -0.3 is 4.57 Å². The summed E-state index contributed by atoms with van der Waals surface area (Å²) in [6, 6.07) is 0. The minimum Gasteiger partial charge on any atom is -0.303 e. The van der Waals surface area contributed by atoms with Gasteiger partial charge in [0, 0.05) is 11.3 Å². The summed E-state index contributed by atoms with van der Waals surface area (Å²) in [6.45, 7) is 0.944. The third-order valence-corrected chi connectivity index (χ3v) is 4.92. The van der Waals surface area contributed by atoms with Crippen molar-refractivity contribution in [2.75, 3.05) is 6.26 Å². The molecule has 5 heteroatoms. The average molecular weight is 246 g/mol. The molecule has 1 aromatic heterocycles. The molecule has 0 amide bonds. The summed E-state index contributed by atoms with van der Waals surface area (Å²) in [7, 11) is 0. The van der Waals surface area contributed by atoms with Crippen LogP contribution in [-0.2, 0) is 6.54 Å². The Bertz CT molecular complexity index is 320. The molecule has 1 heterocycles. The Labute approximate surface area is 99.6 Å². The van der Waals surface area contributed by atoms with Gasteiger partial charge in [0.25, 0.3) is 0 Å². The highest BCUT2D eigenvalue weighted by atomic mass is 35.5. The molecule has 0 bridgehead atoms. The van der Waals surface area contributed by atoms with Crippen LogP contribution in [0.5, 0.6) is 0 Å². The highest BCUT2D eigenvalue weighted by Crippen LogP contribution is 2.40. The summed E-state index contributed by atoms with van der Waals surface area (Å²) < 4.78 is 2.31. The van der Waals surface area contributed by atoms with Crippen LogP contribution in [0.3, 0.4) is 0 Å². The molecule has 2 rings (SSSR count). The van der Waals surface area contributed by atoms with Crippen LogP contribution in [0.25, 0.3) is 0 Å². The monoisotopic (exact) mass is 245 g/mol. The Kier molecular flexibility index (Phi) is 3.57. The van der Waals surface area contributed by atoms with Gasteiger partial charge in [0.2, 0.25) is 5.28 Å². The molecule has 1 fully saturated rings. The van der Waals surface area contributed by atoms with Crippen LogP contribution in [0.1, 0.15) is 32.1 Å². The summed E-state index contributed by atoms with van der Waals surface area (Å²) in [5.41, 5.74) is 0. The molecule has 1 aliphatic carbocycles. The van der Waals surface area contributed by atoms with Gasteiger partial charge in [0.05, 0.1) is 0 Å². The summed E-state index contributed by atoms with van der Waals surface area (Å²) in [4.78, 5) is 0. The van der Waals surface area contributed by atoms with Crippen molar-refractivity contribution in [2.45, 2.75) is 43.4 Å². The molecular formula is C10H16ClN3S. The molecular weight excluding hydrogens is 230 g/mol. The molecule has 0 atom stereocenters. The lowest BCUT2D eigenvalue weighted by Gasteiger charge is -2.35. The fourth-order valence-electron chi connectivity index (χ4n) is 2.28. The minimum atomic E-state index is 0.351. The van der Waals surface area contributed by atoms with Crippen LogP contribution in [0.2, 0.25) is 5.28 Å². The first-order valence-corrected chi connectivity index (χ1v) is 6.94. The second kappa shape index (κ2) is 4.74. The fourth-order valence-corrected chi connectivity index (χ4v) is 3.39. The zero-order valence-corrected chi connectivity index (χ0v) is 10.5. The van der Waals surface area contributed by atoms with Crippen LogP contribution in [-0.4, -0.2) is 25.8 Å². The molecule has 0 spiro atoms. The summed E-state index contributed by atoms with van der Waals surface area (Å²) in [5.74, 6) is 0. The number of aromatic nitrogens is 3. The van der Waals surface area contributed by atoms with E-state index in [9.17, 15) is 0 Å². The van der Waals surface area contributed by atoms with Gasteiger partial charge in [-0.3, -0.25) is 0 Å². The lowest BCUT2D eigenvalue weighted by atomic mass is 9.88. The molecule has 0 saturated heterocycles. The first-order valence-electron chi connectivity index (χ1n) is 5.34. The lowest BCUT2D eigenvalue weighted by molar-refractivity contribution is 0.358. The third kappa shape index (κ3) is 2.48. The van der Waals surface area contributed by atoms with Gasteiger partial charge >= 0.3 is 0 Å². The van der Waals surface area contributed by atoms with Crippen LogP contribution in [0.15, 0.2) is 6.33 Å². The maximum atomic E-state index is 5.96. The van der Waals surface area contributed by atoms with Gasteiger partial charge in [-0.2, -0.15) is 11.8 Å². The highest BCUT2D eigenvalue weighted by Gasteiger charge is 2.32. The maximum Gasteiger partial charge on any atom is 0.224 e. The van der Waals surface area contributed by atoms with Gasteiger partial charge in [-0.05, 0) is 30.7 Å². The second-order valence-electron chi connectivity index (χ2n) is 4.18. The summed E-state index contributed by atoms with van der Waals surface area (Å²) >= 11 is 7.92. The second-order valence-corrected chi connectivity index (χ2v) is 5.79. The van der Waals surface area contributed by atoms with Crippen LogP contribution in [0.4, 0.5) is 0 Å². The normalized spacial score (nSPS) is 20.4. The predicted octanol–water partition coefficient (Wildman–Crippen LogP) is 3.00. The van der Waals surface area contributed by atoms with Crippen LogP contribution in [0, 0.1) is 0 Å². The van der Waals surface area contributed by atoms with E-state index in [-0.39, 0.29) is 0 Å². The maximum absolute atomic E-state index is 5.96. The standard InChI is InChI=1S/C10H16ClN3S/c1-15-10(5-3-2-4-6-10)7-14-8-12-13-9(14)11/h8H,2-7H2,1H3. The molecule has 1 saturated carbocycles. The topological polar surface area (TPSA) is 30.7 Å². The largest absolute Gasteiger partial charge is 0.303 e.